The molecule has 0 amide bonds. The molecule has 0 atom stereocenters. The number of nitrogens with zero attached hydrogens (tertiary/aromatic N) is 1. The third kappa shape index (κ3) is 5.25. The molecule has 1 fully saturated rings. The maximum atomic E-state index is 13.0. The number of halogens is 4. The van der Waals surface area contributed by atoms with E-state index >= 15 is 0 Å². The average Bonchev–Trinajstić information content (AvgIpc) is 3.53. The first-order valence-corrected chi connectivity index (χ1v) is 13.2. The zero-order chi connectivity index (χ0) is 26.9. The van der Waals surface area contributed by atoms with Crippen molar-refractivity contribution in [3.05, 3.63) is 83.6 Å². The summed E-state index contributed by atoms with van der Waals surface area (Å²) in [6, 6.07) is 17.9. The Balaban J connectivity index is 1.59. The summed E-state index contributed by atoms with van der Waals surface area (Å²) in [4.78, 5) is 12.5. The highest BCUT2D eigenvalue weighted by atomic mass is 35.5. The smallest absolute Gasteiger partial charge is 0.416 e. The number of hydrogen-bond acceptors (Lipinski definition) is 2. The van der Waals surface area contributed by atoms with Gasteiger partial charge in [0, 0.05) is 17.0 Å². The lowest BCUT2D eigenvalue weighted by Crippen LogP contribution is -2.11. The van der Waals surface area contributed by atoms with Crippen LogP contribution in [0.25, 0.3) is 27.7 Å². The Morgan fingerprint density at radius 3 is 2.24 bits per heavy atom. The van der Waals surface area contributed by atoms with Gasteiger partial charge in [0.25, 0.3) is 0 Å². The lowest BCUT2D eigenvalue weighted by molar-refractivity contribution is -0.137. The number of rotatable bonds is 8. The summed E-state index contributed by atoms with van der Waals surface area (Å²) in [6.45, 7) is 0. The molecule has 1 saturated carbocycles. The van der Waals surface area contributed by atoms with Gasteiger partial charge in [0.1, 0.15) is 11.4 Å². The molecule has 0 saturated heterocycles. The van der Waals surface area contributed by atoms with Crippen LogP contribution in [0.15, 0.2) is 66.7 Å². The normalized spacial score (nSPS) is 14.3. The van der Waals surface area contributed by atoms with Crippen molar-refractivity contribution in [2.24, 2.45) is 0 Å². The van der Waals surface area contributed by atoms with Crippen molar-refractivity contribution in [1.82, 2.24) is 4.57 Å². The van der Waals surface area contributed by atoms with Crippen LogP contribution in [-0.4, -0.2) is 27.6 Å². The van der Waals surface area contributed by atoms with Crippen molar-refractivity contribution in [3.63, 3.8) is 0 Å². The molecule has 0 spiro atoms. The van der Waals surface area contributed by atoms with Gasteiger partial charge in [-0.15, -0.1) is 11.6 Å². The molecule has 3 aromatic carbocycles. The van der Waals surface area contributed by atoms with Crippen LogP contribution in [0.2, 0.25) is 0 Å². The first-order chi connectivity index (χ1) is 18.3. The molecule has 0 radical (unpaired) electrons. The van der Waals surface area contributed by atoms with E-state index in [9.17, 15) is 23.1 Å². The number of hydrogen-bond donors (Lipinski definition) is 1. The Morgan fingerprint density at radius 1 is 0.974 bits per heavy atom. The van der Waals surface area contributed by atoms with E-state index in [1.165, 1.54) is 25.0 Å². The summed E-state index contributed by atoms with van der Waals surface area (Å²) >= 11 is 5.96. The van der Waals surface area contributed by atoms with Crippen molar-refractivity contribution in [2.75, 3.05) is 5.88 Å². The van der Waals surface area contributed by atoms with Crippen molar-refractivity contribution < 1.29 is 27.8 Å². The van der Waals surface area contributed by atoms with Crippen molar-refractivity contribution >= 4 is 28.5 Å². The molecular formula is C30H27ClF3NO3. The van der Waals surface area contributed by atoms with Gasteiger partial charge >= 0.3 is 12.1 Å². The Morgan fingerprint density at radius 2 is 1.63 bits per heavy atom. The standard InChI is InChI=1S/C30H27ClF3NO3/c31-17-3-6-25-26-18-20(19-7-10-21(11-8-19)30(32,33)34)9-16-27(26)35(28(25)29(36)37)22-12-14-24(15-13-22)38-23-4-1-2-5-23/h7-16,18,23H,1-6,17H2,(H,36,37). The van der Waals surface area contributed by atoms with Crippen LogP contribution in [0.4, 0.5) is 13.2 Å². The van der Waals surface area contributed by atoms with E-state index in [2.05, 4.69) is 0 Å². The van der Waals surface area contributed by atoms with E-state index < -0.39 is 17.7 Å². The zero-order valence-electron chi connectivity index (χ0n) is 20.6. The van der Waals surface area contributed by atoms with Crippen molar-refractivity contribution in [3.8, 4) is 22.6 Å². The number of aromatic nitrogens is 1. The molecule has 0 aliphatic heterocycles. The number of aromatic carboxylic acids is 1. The molecule has 8 heteroatoms. The minimum atomic E-state index is -4.41. The number of carboxylic acids is 1. The fourth-order valence-electron chi connectivity index (χ4n) is 5.25. The summed E-state index contributed by atoms with van der Waals surface area (Å²) in [6.07, 6.45) is 1.25. The number of benzene rings is 3. The predicted molar refractivity (Wildman–Crippen MR) is 143 cm³/mol. The molecule has 1 aliphatic carbocycles. The second-order valence-corrected chi connectivity index (χ2v) is 9.96. The third-order valence-electron chi connectivity index (χ3n) is 7.08. The van der Waals surface area contributed by atoms with Gasteiger partial charge in [-0.2, -0.15) is 13.2 Å². The molecule has 0 bridgehead atoms. The van der Waals surface area contributed by atoms with E-state index in [4.69, 9.17) is 16.3 Å². The molecular weight excluding hydrogens is 515 g/mol. The van der Waals surface area contributed by atoms with E-state index in [-0.39, 0.29) is 11.8 Å². The van der Waals surface area contributed by atoms with Crippen LogP contribution in [-0.2, 0) is 12.6 Å². The van der Waals surface area contributed by atoms with Gasteiger partial charge < -0.3 is 14.4 Å². The monoisotopic (exact) mass is 541 g/mol. The van der Waals surface area contributed by atoms with Crippen molar-refractivity contribution in [2.45, 2.75) is 50.8 Å². The topological polar surface area (TPSA) is 51.5 Å². The summed E-state index contributed by atoms with van der Waals surface area (Å²) in [5.74, 6) is 0.0615. The number of aryl methyl sites for hydroxylation is 1. The summed E-state index contributed by atoms with van der Waals surface area (Å²) in [5, 5.41) is 11.0. The average molecular weight is 542 g/mol. The minimum Gasteiger partial charge on any atom is -0.490 e. The Bertz CT molecular complexity index is 1440. The number of ether oxygens (including phenoxy) is 1. The molecule has 1 aliphatic rings. The van der Waals surface area contributed by atoms with Gasteiger partial charge in [0.2, 0.25) is 0 Å². The van der Waals surface area contributed by atoms with E-state index in [0.29, 0.717) is 46.6 Å². The molecule has 38 heavy (non-hydrogen) atoms. The Kier molecular flexibility index (Phi) is 7.39. The number of fused-ring (bicyclic) bond motifs is 1. The quantitative estimate of drug-likeness (QED) is 0.227. The summed E-state index contributed by atoms with van der Waals surface area (Å²) in [5.41, 5.74) is 2.78. The van der Waals surface area contributed by atoms with Gasteiger partial charge in [-0.1, -0.05) is 18.2 Å². The number of carbonyl (C=O) groups is 1. The molecule has 198 valence electrons. The maximum absolute atomic E-state index is 13.0. The van der Waals surface area contributed by atoms with E-state index in [1.54, 1.807) is 10.6 Å². The molecule has 5 rings (SSSR count). The lowest BCUT2D eigenvalue weighted by Gasteiger charge is -2.14. The molecule has 1 N–H and O–H groups in total. The van der Waals surface area contributed by atoms with E-state index in [0.717, 1.165) is 36.1 Å². The van der Waals surface area contributed by atoms with Crippen LogP contribution in [0.5, 0.6) is 5.75 Å². The zero-order valence-corrected chi connectivity index (χ0v) is 21.4. The molecule has 4 nitrogen and oxygen atoms in total. The maximum Gasteiger partial charge on any atom is 0.416 e. The molecule has 1 aromatic heterocycles. The molecule has 1 heterocycles. The lowest BCUT2D eigenvalue weighted by atomic mass is 9.99. The Labute approximate surface area is 223 Å². The first-order valence-electron chi connectivity index (χ1n) is 12.7. The predicted octanol–water partition coefficient (Wildman–Crippen LogP) is 8.51. The van der Waals surface area contributed by atoms with Gasteiger partial charge in [-0.25, -0.2) is 4.79 Å². The van der Waals surface area contributed by atoms with Gasteiger partial charge in [0.15, 0.2) is 0 Å². The highest BCUT2D eigenvalue weighted by Crippen LogP contribution is 2.36. The van der Waals surface area contributed by atoms with Crippen LogP contribution in [0, 0.1) is 0 Å². The summed E-state index contributed by atoms with van der Waals surface area (Å²) in [7, 11) is 0. The molecule has 0 unspecified atom stereocenters. The van der Waals surface area contributed by atoms with Crippen LogP contribution < -0.4 is 4.74 Å². The fraction of sp³-hybridized carbons (Fsp3) is 0.300. The first kappa shape index (κ1) is 26.2. The van der Waals surface area contributed by atoms with Gasteiger partial charge in [0.05, 0.1) is 17.2 Å². The summed E-state index contributed by atoms with van der Waals surface area (Å²) < 4.78 is 46.9. The Hall–Kier alpha value is -3.45. The minimum absolute atomic E-state index is 0.152. The highest BCUT2D eigenvalue weighted by Gasteiger charge is 2.30. The van der Waals surface area contributed by atoms with Crippen LogP contribution in [0.3, 0.4) is 0 Å². The highest BCUT2D eigenvalue weighted by molar-refractivity contribution is 6.17. The van der Waals surface area contributed by atoms with Crippen molar-refractivity contribution in [1.29, 1.82) is 0 Å². The van der Waals surface area contributed by atoms with E-state index in [1.807, 2.05) is 36.4 Å². The second-order valence-electron chi connectivity index (χ2n) is 9.59. The second kappa shape index (κ2) is 10.7. The third-order valence-corrected chi connectivity index (χ3v) is 7.35. The largest absolute Gasteiger partial charge is 0.490 e. The molecule has 4 aromatic rings. The van der Waals surface area contributed by atoms with Crippen LogP contribution >= 0.6 is 11.6 Å². The van der Waals surface area contributed by atoms with Gasteiger partial charge in [-0.3, -0.25) is 0 Å². The van der Waals surface area contributed by atoms with Gasteiger partial charge in [-0.05, 0) is 104 Å². The van der Waals surface area contributed by atoms with Crippen LogP contribution in [0.1, 0.15) is 53.7 Å². The number of alkyl halides is 4. The number of carboxylic acid groups (broad SMARTS) is 1. The fourth-order valence-corrected chi connectivity index (χ4v) is 5.38. The SMILES string of the molecule is O=C(O)c1c(CCCCl)c2cc(-c3ccc(C(F)(F)F)cc3)ccc2n1-c1ccc(OC2CCCC2)cc1.